The number of benzene rings is 1. The first kappa shape index (κ1) is 13.7. The molecule has 6 nitrogen and oxygen atoms in total. The number of rotatable bonds is 2. The fraction of sp³-hybridized carbons (Fsp3) is 0.467. The van der Waals surface area contributed by atoms with Crippen LogP contribution in [-0.4, -0.2) is 48.1 Å². The number of ether oxygens (including phenoxy) is 1. The number of hydrogen-bond donors (Lipinski definition) is 2. The maximum atomic E-state index is 12.7. The molecule has 2 heterocycles. The summed E-state index contributed by atoms with van der Waals surface area (Å²) in [6.07, 6.45) is 1.35. The van der Waals surface area contributed by atoms with Crippen LogP contribution in [0.1, 0.15) is 23.2 Å². The highest BCUT2D eigenvalue weighted by molar-refractivity contribution is 5.99. The number of carboxylic acid groups (broad SMARTS) is 1. The van der Waals surface area contributed by atoms with E-state index in [2.05, 4.69) is 5.32 Å². The van der Waals surface area contributed by atoms with E-state index in [1.54, 1.807) is 11.0 Å². The third kappa shape index (κ3) is 2.66. The number of aliphatic carboxylic acids is 1. The quantitative estimate of drug-likeness (QED) is 0.861. The molecule has 3 rings (SSSR count). The van der Waals surface area contributed by atoms with Crippen molar-refractivity contribution in [3.05, 3.63) is 23.8 Å². The van der Waals surface area contributed by atoms with E-state index in [9.17, 15) is 9.59 Å². The zero-order valence-electron chi connectivity index (χ0n) is 11.7. The third-order valence-corrected chi connectivity index (χ3v) is 3.97. The van der Waals surface area contributed by atoms with Gasteiger partial charge in [-0.1, -0.05) is 6.07 Å². The van der Waals surface area contributed by atoms with Gasteiger partial charge in [0.05, 0.1) is 17.2 Å². The van der Waals surface area contributed by atoms with Crippen molar-refractivity contribution < 1.29 is 19.4 Å². The summed E-state index contributed by atoms with van der Waals surface area (Å²) in [7, 11) is 0. The van der Waals surface area contributed by atoms with Gasteiger partial charge in [-0.2, -0.15) is 0 Å². The van der Waals surface area contributed by atoms with Crippen LogP contribution in [0.25, 0.3) is 0 Å². The van der Waals surface area contributed by atoms with E-state index in [0.717, 1.165) is 18.7 Å². The number of piperidine rings is 1. The van der Waals surface area contributed by atoms with E-state index in [1.165, 1.54) is 0 Å². The zero-order valence-corrected chi connectivity index (χ0v) is 11.7. The second-order valence-corrected chi connectivity index (χ2v) is 5.39. The van der Waals surface area contributed by atoms with E-state index < -0.39 is 11.9 Å². The summed E-state index contributed by atoms with van der Waals surface area (Å²) < 4.78 is 5.61. The molecule has 0 bridgehead atoms. The fourth-order valence-corrected chi connectivity index (χ4v) is 2.87. The van der Waals surface area contributed by atoms with E-state index in [4.69, 9.17) is 9.84 Å². The molecule has 112 valence electrons. The molecule has 0 radical (unpaired) electrons. The van der Waals surface area contributed by atoms with Gasteiger partial charge in [-0.05, 0) is 25.0 Å². The first-order valence-electron chi connectivity index (χ1n) is 7.18. The van der Waals surface area contributed by atoms with Crippen LogP contribution in [0.3, 0.4) is 0 Å². The number of anilines is 1. The second kappa shape index (κ2) is 5.63. The van der Waals surface area contributed by atoms with Crippen LogP contribution in [-0.2, 0) is 4.79 Å². The molecule has 1 fully saturated rings. The molecule has 1 saturated heterocycles. The van der Waals surface area contributed by atoms with Crippen LogP contribution in [0.5, 0.6) is 5.75 Å². The van der Waals surface area contributed by atoms with Crippen molar-refractivity contribution in [2.75, 3.05) is 31.6 Å². The Balaban J connectivity index is 1.83. The number of carbonyl (C=O) groups is 2. The van der Waals surface area contributed by atoms with Crippen molar-refractivity contribution in [1.82, 2.24) is 4.90 Å². The summed E-state index contributed by atoms with van der Waals surface area (Å²) in [5.41, 5.74) is 1.32. The number of amides is 1. The molecule has 2 N–H and O–H groups in total. The molecule has 2 aliphatic heterocycles. The first-order chi connectivity index (χ1) is 10.2. The van der Waals surface area contributed by atoms with Gasteiger partial charge in [-0.15, -0.1) is 0 Å². The van der Waals surface area contributed by atoms with Crippen molar-refractivity contribution >= 4 is 17.6 Å². The molecule has 1 aromatic carbocycles. The summed E-state index contributed by atoms with van der Waals surface area (Å²) in [4.78, 5) is 25.4. The smallest absolute Gasteiger partial charge is 0.308 e. The molecule has 1 atom stereocenters. The van der Waals surface area contributed by atoms with E-state index in [-0.39, 0.29) is 12.5 Å². The molecule has 21 heavy (non-hydrogen) atoms. The second-order valence-electron chi connectivity index (χ2n) is 5.39. The molecular formula is C15H18N2O4. The lowest BCUT2D eigenvalue weighted by atomic mass is 9.97. The summed E-state index contributed by atoms with van der Waals surface area (Å²) in [6.45, 7) is 2.11. The molecule has 1 amide bonds. The van der Waals surface area contributed by atoms with Crippen molar-refractivity contribution in [1.29, 1.82) is 0 Å². The molecule has 0 saturated carbocycles. The van der Waals surface area contributed by atoms with Crippen molar-refractivity contribution in [2.24, 2.45) is 5.92 Å². The monoisotopic (exact) mass is 290 g/mol. The van der Waals surface area contributed by atoms with Gasteiger partial charge in [0.2, 0.25) is 0 Å². The van der Waals surface area contributed by atoms with Gasteiger partial charge >= 0.3 is 5.97 Å². The summed E-state index contributed by atoms with van der Waals surface area (Å²) in [5, 5.41) is 12.3. The third-order valence-electron chi connectivity index (χ3n) is 3.97. The van der Waals surface area contributed by atoms with Crippen LogP contribution in [0.15, 0.2) is 18.2 Å². The minimum absolute atomic E-state index is 0.151. The SMILES string of the molecule is O=C(O)[C@H]1CCCN(C(=O)c2cccc3c2OCCN3)C1. The Morgan fingerprint density at radius 1 is 1.38 bits per heavy atom. The lowest BCUT2D eigenvalue weighted by Gasteiger charge is -2.31. The number of carbonyl (C=O) groups excluding carboxylic acids is 1. The van der Waals surface area contributed by atoms with Gasteiger partial charge in [0, 0.05) is 19.6 Å². The number of carboxylic acids is 1. The Bertz CT molecular complexity index is 573. The molecule has 0 spiro atoms. The molecule has 2 aliphatic rings. The minimum atomic E-state index is -0.833. The molecular weight excluding hydrogens is 272 g/mol. The van der Waals surface area contributed by atoms with Crippen LogP contribution in [0.4, 0.5) is 5.69 Å². The van der Waals surface area contributed by atoms with Gasteiger partial charge in [0.15, 0.2) is 5.75 Å². The molecule has 6 heteroatoms. The molecule has 1 aromatic rings. The Morgan fingerprint density at radius 3 is 3.05 bits per heavy atom. The highest BCUT2D eigenvalue weighted by atomic mass is 16.5. The van der Waals surface area contributed by atoms with Gasteiger partial charge in [0.1, 0.15) is 6.61 Å². The van der Waals surface area contributed by atoms with Crippen LogP contribution in [0.2, 0.25) is 0 Å². The largest absolute Gasteiger partial charge is 0.489 e. The molecule has 0 aromatic heterocycles. The highest BCUT2D eigenvalue weighted by Gasteiger charge is 2.30. The highest BCUT2D eigenvalue weighted by Crippen LogP contribution is 2.32. The maximum Gasteiger partial charge on any atom is 0.308 e. The number of fused-ring (bicyclic) bond motifs is 1. The normalized spacial score (nSPS) is 21.0. The van der Waals surface area contributed by atoms with Crippen LogP contribution < -0.4 is 10.1 Å². The first-order valence-corrected chi connectivity index (χ1v) is 7.18. The van der Waals surface area contributed by atoms with Gasteiger partial charge in [-0.3, -0.25) is 9.59 Å². The lowest BCUT2D eigenvalue weighted by Crippen LogP contribution is -2.42. The van der Waals surface area contributed by atoms with Crippen molar-refractivity contribution in [3.63, 3.8) is 0 Å². The molecule has 0 unspecified atom stereocenters. The number of nitrogens with one attached hydrogen (secondary N) is 1. The van der Waals surface area contributed by atoms with Crippen molar-refractivity contribution in [3.8, 4) is 5.75 Å². The fourth-order valence-electron chi connectivity index (χ4n) is 2.87. The summed E-state index contributed by atoms with van der Waals surface area (Å²) in [6, 6.07) is 5.42. The number of likely N-dealkylation sites (tertiary alicyclic amines) is 1. The topological polar surface area (TPSA) is 78.9 Å². The standard InChI is InChI=1S/C15H18N2O4/c18-14(17-7-2-3-10(9-17)15(19)20)11-4-1-5-12-13(11)21-8-6-16-12/h1,4-5,10,16H,2-3,6-9H2,(H,19,20)/t10-/m0/s1. The van der Waals surface area contributed by atoms with E-state index >= 15 is 0 Å². The number of nitrogens with zero attached hydrogens (tertiary/aromatic N) is 1. The van der Waals surface area contributed by atoms with Gasteiger partial charge < -0.3 is 20.1 Å². The predicted molar refractivity (Wildman–Crippen MR) is 76.7 cm³/mol. The average molecular weight is 290 g/mol. The van der Waals surface area contributed by atoms with Crippen LogP contribution >= 0.6 is 0 Å². The Labute approximate surface area is 122 Å². The lowest BCUT2D eigenvalue weighted by molar-refractivity contribution is -0.143. The Morgan fingerprint density at radius 2 is 2.24 bits per heavy atom. The average Bonchev–Trinajstić information content (AvgIpc) is 2.53. The minimum Gasteiger partial charge on any atom is -0.489 e. The molecule has 0 aliphatic carbocycles. The van der Waals surface area contributed by atoms with Crippen molar-refractivity contribution in [2.45, 2.75) is 12.8 Å². The number of hydrogen-bond acceptors (Lipinski definition) is 4. The zero-order chi connectivity index (χ0) is 14.8. The predicted octanol–water partition coefficient (Wildman–Crippen LogP) is 1.43. The summed E-state index contributed by atoms with van der Waals surface area (Å²) in [5.74, 6) is -0.880. The van der Waals surface area contributed by atoms with E-state index in [1.807, 2.05) is 12.1 Å². The van der Waals surface area contributed by atoms with Gasteiger partial charge in [-0.25, -0.2) is 0 Å². The van der Waals surface area contributed by atoms with Crippen LogP contribution in [0, 0.1) is 5.92 Å². The van der Waals surface area contributed by atoms with Gasteiger partial charge in [0.25, 0.3) is 5.91 Å². The summed E-state index contributed by atoms with van der Waals surface area (Å²) >= 11 is 0. The Kier molecular flexibility index (Phi) is 3.68. The van der Waals surface area contributed by atoms with E-state index in [0.29, 0.717) is 30.9 Å². The maximum absolute atomic E-state index is 12.7. The number of para-hydroxylation sites is 1. The Hall–Kier alpha value is -2.24.